The summed E-state index contributed by atoms with van der Waals surface area (Å²) >= 11 is 0. The number of esters is 2. The maximum atomic E-state index is 12.7. The lowest BCUT2D eigenvalue weighted by Crippen LogP contribution is -2.18. The third kappa shape index (κ3) is 5.60. The van der Waals surface area contributed by atoms with Crippen molar-refractivity contribution in [1.82, 2.24) is 0 Å². The van der Waals surface area contributed by atoms with Crippen molar-refractivity contribution in [2.45, 2.75) is 11.1 Å². The molecule has 0 heterocycles. The van der Waals surface area contributed by atoms with Crippen molar-refractivity contribution in [3.8, 4) is 5.75 Å². The van der Waals surface area contributed by atoms with Crippen LogP contribution in [0.25, 0.3) is 0 Å². The Morgan fingerprint density at radius 3 is 2.28 bits per heavy atom. The van der Waals surface area contributed by atoms with Crippen LogP contribution >= 0.6 is 0 Å². The molecule has 0 unspecified atom stereocenters. The normalized spacial score (nSPS) is 12.1. The Bertz CT molecular complexity index is 974. The number of benzene rings is 2. The number of hydrogen-bond donors (Lipinski definition) is 0. The summed E-state index contributed by atoms with van der Waals surface area (Å²) in [6, 6.07) is 6.65. The number of nitro benzene ring substituents is 1. The van der Waals surface area contributed by atoms with Gasteiger partial charge in [-0.15, -0.1) is 0 Å². The van der Waals surface area contributed by atoms with Crippen LogP contribution in [0.2, 0.25) is 0 Å². The van der Waals surface area contributed by atoms with Crippen LogP contribution in [0.1, 0.15) is 15.9 Å². The van der Waals surface area contributed by atoms with E-state index in [1.165, 1.54) is 31.4 Å². The second-order valence-electron chi connectivity index (χ2n) is 5.42. The topological polar surface area (TPSA) is 113 Å². The summed E-state index contributed by atoms with van der Waals surface area (Å²) in [4.78, 5) is 32.6. The van der Waals surface area contributed by atoms with Crippen molar-refractivity contribution < 1.29 is 41.4 Å². The summed E-state index contributed by atoms with van der Waals surface area (Å²) in [5, 5.41) is 11.0. The van der Waals surface area contributed by atoms with Gasteiger partial charge in [0, 0.05) is 6.07 Å². The highest BCUT2D eigenvalue weighted by Crippen LogP contribution is 2.34. The lowest BCUT2D eigenvalue weighted by atomic mass is 10.2. The van der Waals surface area contributed by atoms with Gasteiger partial charge in [-0.2, -0.15) is 13.2 Å². The Kier molecular flexibility index (Phi) is 6.69. The Morgan fingerprint density at radius 1 is 1.14 bits per heavy atom. The fourth-order valence-electron chi connectivity index (χ4n) is 2.15. The first kappa shape index (κ1) is 22.0. The molecular formula is C17H12F3NO7S. The predicted molar refractivity (Wildman–Crippen MR) is 92.8 cm³/mol. The molecule has 2 aromatic rings. The smallest absolute Gasteiger partial charge is 0.416 e. The number of carbonyl (C=O) groups is 2. The molecule has 0 aromatic heterocycles. The lowest BCUT2D eigenvalue weighted by molar-refractivity contribution is -0.388. The maximum Gasteiger partial charge on any atom is 0.416 e. The van der Waals surface area contributed by atoms with Gasteiger partial charge >= 0.3 is 18.1 Å². The zero-order valence-electron chi connectivity index (χ0n) is 14.6. The van der Waals surface area contributed by atoms with Crippen molar-refractivity contribution in [3.05, 3.63) is 63.7 Å². The average molecular weight is 431 g/mol. The second kappa shape index (κ2) is 8.82. The number of carbonyl (C=O) groups excluding carboxylic acids is 2. The highest BCUT2D eigenvalue weighted by molar-refractivity contribution is 7.85. The first-order valence-corrected chi connectivity index (χ1v) is 8.98. The van der Waals surface area contributed by atoms with Gasteiger partial charge in [-0.25, -0.2) is 4.79 Å². The number of nitrogens with zero attached hydrogens (tertiary/aromatic N) is 1. The van der Waals surface area contributed by atoms with Gasteiger partial charge < -0.3 is 9.47 Å². The number of ether oxygens (including phenoxy) is 2. The van der Waals surface area contributed by atoms with Gasteiger partial charge in [0.05, 0.1) is 34.0 Å². The van der Waals surface area contributed by atoms with E-state index >= 15 is 0 Å². The predicted octanol–water partition coefficient (Wildman–Crippen LogP) is 3.11. The van der Waals surface area contributed by atoms with Crippen molar-refractivity contribution in [3.63, 3.8) is 0 Å². The van der Waals surface area contributed by atoms with E-state index in [1.807, 2.05) is 0 Å². The van der Waals surface area contributed by atoms with Crippen molar-refractivity contribution in [2.24, 2.45) is 0 Å². The number of rotatable bonds is 6. The van der Waals surface area contributed by atoms with Gasteiger partial charge in [-0.05, 0) is 36.4 Å². The summed E-state index contributed by atoms with van der Waals surface area (Å²) < 4.78 is 59.9. The molecular weight excluding hydrogens is 419 g/mol. The molecule has 29 heavy (non-hydrogen) atoms. The van der Waals surface area contributed by atoms with Gasteiger partial charge in [0.2, 0.25) is 0 Å². The molecule has 0 aliphatic heterocycles. The third-order valence-corrected chi connectivity index (χ3v) is 4.82. The first-order valence-electron chi connectivity index (χ1n) is 7.66. The highest BCUT2D eigenvalue weighted by atomic mass is 32.2. The second-order valence-corrected chi connectivity index (χ2v) is 6.84. The maximum absolute atomic E-state index is 12.7. The van der Waals surface area contributed by atoms with Crippen LogP contribution in [0.5, 0.6) is 5.75 Å². The molecule has 0 saturated carbocycles. The largest absolute Gasteiger partial charge is 0.465 e. The summed E-state index contributed by atoms with van der Waals surface area (Å²) in [7, 11) is -1.14. The molecule has 2 rings (SSSR count). The summed E-state index contributed by atoms with van der Waals surface area (Å²) in [5.41, 5.74) is -2.11. The van der Waals surface area contributed by atoms with E-state index in [0.29, 0.717) is 12.1 Å². The third-order valence-electron chi connectivity index (χ3n) is 3.48. The number of nitro groups is 1. The van der Waals surface area contributed by atoms with E-state index in [4.69, 9.17) is 4.74 Å². The molecule has 0 bridgehead atoms. The number of alkyl halides is 3. The minimum Gasteiger partial charge on any atom is -0.465 e. The SMILES string of the molecule is COC(=O)c1ccc(OC(=O)C[S@@](=O)c2ccc(C(F)(F)F)cc2[N+](=O)[O-])cc1. The van der Waals surface area contributed by atoms with Crippen LogP contribution in [-0.4, -0.2) is 33.9 Å². The highest BCUT2D eigenvalue weighted by Gasteiger charge is 2.34. The summed E-state index contributed by atoms with van der Waals surface area (Å²) in [6.45, 7) is 0. The molecule has 0 saturated heterocycles. The van der Waals surface area contributed by atoms with Gasteiger partial charge in [-0.3, -0.25) is 19.1 Å². The van der Waals surface area contributed by atoms with Gasteiger partial charge in [-0.1, -0.05) is 0 Å². The molecule has 0 aliphatic rings. The summed E-state index contributed by atoms with van der Waals surface area (Å²) in [5.74, 6) is -2.48. The molecule has 0 aliphatic carbocycles. The van der Waals surface area contributed by atoms with Crippen LogP contribution in [0, 0.1) is 10.1 Å². The van der Waals surface area contributed by atoms with Gasteiger partial charge in [0.25, 0.3) is 5.69 Å². The van der Waals surface area contributed by atoms with Crippen molar-refractivity contribution in [1.29, 1.82) is 0 Å². The van der Waals surface area contributed by atoms with Crippen LogP contribution < -0.4 is 4.74 Å². The van der Waals surface area contributed by atoms with Crippen molar-refractivity contribution in [2.75, 3.05) is 12.9 Å². The molecule has 0 amide bonds. The lowest BCUT2D eigenvalue weighted by Gasteiger charge is -2.09. The monoisotopic (exact) mass is 431 g/mol. The molecule has 1 atom stereocenters. The molecule has 154 valence electrons. The Balaban J connectivity index is 2.14. The standard InChI is InChI=1S/C17H12F3NO7S/c1-27-16(23)10-2-5-12(6-3-10)28-15(22)9-29(26)14-7-4-11(17(18,19)20)8-13(14)21(24)25/h2-8H,9H2,1H3/t29-/m1/s1. The van der Waals surface area contributed by atoms with E-state index in [0.717, 1.165) is 0 Å². The van der Waals surface area contributed by atoms with Crippen LogP contribution in [0.4, 0.5) is 18.9 Å². The van der Waals surface area contributed by atoms with E-state index < -0.39 is 55.7 Å². The summed E-state index contributed by atoms with van der Waals surface area (Å²) in [6.07, 6.45) is -4.82. The van der Waals surface area contributed by atoms with E-state index in [1.54, 1.807) is 0 Å². The molecule has 0 N–H and O–H groups in total. The van der Waals surface area contributed by atoms with Crippen LogP contribution in [0.15, 0.2) is 47.4 Å². The molecule has 0 spiro atoms. The van der Waals surface area contributed by atoms with Crippen LogP contribution in [-0.2, 0) is 26.5 Å². The Morgan fingerprint density at radius 2 is 1.76 bits per heavy atom. The fourth-order valence-corrected chi connectivity index (χ4v) is 3.17. The van der Waals surface area contributed by atoms with E-state index in [9.17, 15) is 37.1 Å². The molecule has 12 heteroatoms. The molecule has 0 fully saturated rings. The molecule has 2 aromatic carbocycles. The fraction of sp³-hybridized carbons (Fsp3) is 0.176. The Hall–Kier alpha value is -3.28. The minimum absolute atomic E-state index is 0.00146. The quantitative estimate of drug-likeness (QED) is 0.299. The molecule has 0 radical (unpaired) electrons. The van der Waals surface area contributed by atoms with E-state index in [2.05, 4.69) is 4.74 Å². The van der Waals surface area contributed by atoms with Gasteiger partial charge in [0.15, 0.2) is 0 Å². The number of hydrogen-bond acceptors (Lipinski definition) is 7. The number of halogens is 3. The average Bonchev–Trinajstić information content (AvgIpc) is 2.66. The minimum atomic E-state index is -4.82. The first-order chi connectivity index (χ1) is 13.5. The zero-order chi connectivity index (χ0) is 21.8. The van der Waals surface area contributed by atoms with Crippen LogP contribution in [0.3, 0.4) is 0 Å². The zero-order valence-corrected chi connectivity index (χ0v) is 15.4. The van der Waals surface area contributed by atoms with E-state index in [-0.39, 0.29) is 17.4 Å². The number of methoxy groups -OCH3 is 1. The molecule has 8 nitrogen and oxygen atoms in total. The Labute approximate surface area is 163 Å². The van der Waals surface area contributed by atoms with Gasteiger partial charge in [0.1, 0.15) is 16.4 Å². The van der Waals surface area contributed by atoms with Crippen molar-refractivity contribution >= 4 is 28.4 Å².